The van der Waals surface area contributed by atoms with Crippen LogP contribution in [-0.2, 0) is 0 Å². The van der Waals surface area contributed by atoms with E-state index in [0.717, 1.165) is 31.8 Å². The Morgan fingerprint density at radius 2 is 1.89 bits per heavy atom. The molecular weight excluding hydrogens is 236 g/mol. The van der Waals surface area contributed by atoms with Crippen LogP contribution in [0, 0.1) is 0 Å². The predicted molar refractivity (Wildman–Crippen MR) is 80.4 cm³/mol. The van der Waals surface area contributed by atoms with Gasteiger partial charge >= 0.3 is 0 Å². The molecule has 2 aliphatic carbocycles. The van der Waals surface area contributed by atoms with Gasteiger partial charge in [0.25, 0.3) is 0 Å². The van der Waals surface area contributed by atoms with Gasteiger partial charge in [-0.1, -0.05) is 26.2 Å². The zero-order valence-corrected chi connectivity index (χ0v) is 12.8. The third-order valence-electron chi connectivity index (χ3n) is 5.36. The van der Waals surface area contributed by atoms with Crippen molar-refractivity contribution in [3.63, 3.8) is 0 Å². The first-order chi connectivity index (χ1) is 9.21. The topological polar surface area (TPSA) is 35.5 Å². The normalized spacial score (nSPS) is 33.2. The van der Waals surface area contributed by atoms with Crippen molar-refractivity contribution in [1.82, 2.24) is 10.2 Å². The van der Waals surface area contributed by atoms with Crippen LogP contribution in [0.25, 0.3) is 0 Å². The molecule has 0 radical (unpaired) electrons. The van der Waals surface area contributed by atoms with Crippen LogP contribution in [0.4, 0.5) is 0 Å². The van der Waals surface area contributed by atoms with E-state index in [4.69, 9.17) is 0 Å². The zero-order chi connectivity index (χ0) is 13.7. The van der Waals surface area contributed by atoms with Gasteiger partial charge in [0.2, 0.25) is 0 Å². The molecule has 0 heterocycles. The molecule has 0 saturated heterocycles. The molecule has 2 rings (SSSR count). The number of hydrogen-bond donors (Lipinski definition) is 2. The molecule has 0 spiro atoms. The van der Waals surface area contributed by atoms with Crippen molar-refractivity contribution in [3.8, 4) is 0 Å². The first kappa shape index (κ1) is 15.3. The fraction of sp³-hybridized carbons (Fsp3) is 1.00. The highest BCUT2D eigenvalue weighted by Crippen LogP contribution is 2.35. The monoisotopic (exact) mass is 268 g/mol. The Hall–Kier alpha value is -0.120. The lowest BCUT2D eigenvalue weighted by molar-refractivity contribution is 0.117. The molecule has 0 bridgehead atoms. The van der Waals surface area contributed by atoms with Crippen LogP contribution in [0.2, 0.25) is 0 Å². The molecule has 3 nitrogen and oxygen atoms in total. The highest BCUT2D eigenvalue weighted by atomic mass is 16.3. The van der Waals surface area contributed by atoms with Gasteiger partial charge in [-0.25, -0.2) is 0 Å². The molecular formula is C16H32N2O. The van der Waals surface area contributed by atoms with E-state index in [0.29, 0.717) is 12.6 Å². The van der Waals surface area contributed by atoms with Gasteiger partial charge in [0.15, 0.2) is 0 Å². The van der Waals surface area contributed by atoms with Gasteiger partial charge in [-0.05, 0) is 52.1 Å². The highest BCUT2D eigenvalue weighted by Gasteiger charge is 2.40. The number of aliphatic hydroxyl groups is 1. The molecule has 0 amide bonds. The van der Waals surface area contributed by atoms with E-state index in [2.05, 4.69) is 24.2 Å². The summed E-state index contributed by atoms with van der Waals surface area (Å²) in [7, 11) is 2.31. The molecule has 2 atom stereocenters. The van der Waals surface area contributed by atoms with Crippen LogP contribution in [0.3, 0.4) is 0 Å². The predicted octanol–water partition coefficient (Wildman–Crippen LogP) is 2.53. The Kier molecular flexibility index (Phi) is 5.67. The van der Waals surface area contributed by atoms with Crippen LogP contribution in [0.1, 0.15) is 64.7 Å². The quantitative estimate of drug-likeness (QED) is 0.777. The Morgan fingerprint density at radius 1 is 1.16 bits per heavy atom. The van der Waals surface area contributed by atoms with Crippen LogP contribution in [-0.4, -0.2) is 47.8 Å². The average molecular weight is 268 g/mol. The molecule has 2 saturated carbocycles. The fourth-order valence-corrected chi connectivity index (χ4v) is 3.98. The minimum absolute atomic E-state index is 0.00357. The summed E-state index contributed by atoms with van der Waals surface area (Å²) >= 11 is 0. The van der Waals surface area contributed by atoms with E-state index in [-0.39, 0.29) is 5.54 Å². The largest absolute Gasteiger partial charge is 0.394 e. The second kappa shape index (κ2) is 7.05. The maximum atomic E-state index is 9.77. The molecule has 2 unspecified atom stereocenters. The Labute approximate surface area is 118 Å². The second-order valence-corrected chi connectivity index (χ2v) is 6.72. The van der Waals surface area contributed by atoms with E-state index in [1.54, 1.807) is 0 Å². The first-order valence-electron chi connectivity index (χ1n) is 8.28. The molecule has 2 aliphatic rings. The van der Waals surface area contributed by atoms with Crippen LogP contribution < -0.4 is 5.32 Å². The second-order valence-electron chi connectivity index (χ2n) is 6.72. The molecule has 0 aromatic rings. The van der Waals surface area contributed by atoms with E-state index >= 15 is 0 Å². The standard InChI is InChI=1S/C16H32N2O/c1-3-11-17-16(13-19)10-9-15(12-16)18(2)14-7-5-4-6-8-14/h14-15,17,19H,3-13H2,1-2H3. The minimum Gasteiger partial charge on any atom is -0.394 e. The number of nitrogens with zero attached hydrogens (tertiary/aromatic N) is 1. The number of rotatable bonds is 6. The van der Waals surface area contributed by atoms with E-state index < -0.39 is 0 Å². The van der Waals surface area contributed by atoms with E-state index in [1.807, 2.05) is 0 Å². The molecule has 0 aromatic carbocycles. The summed E-state index contributed by atoms with van der Waals surface area (Å²) in [5, 5.41) is 13.4. The summed E-state index contributed by atoms with van der Waals surface area (Å²) in [4.78, 5) is 2.63. The van der Waals surface area contributed by atoms with Gasteiger partial charge in [-0.3, -0.25) is 0 Å². The molecule has 0 aliphatic heterocycles. The molecule has 2 N–H and O–H groups in total. The minimum atomic E-state index is 0.00357. The third-order valence-corrected chi connectivity index (χ3v) is 5.36. The van der Waals surface area contributed by atoms with Gasteiger partial charge in [0.05, 0.1) is 6.61 Å². The number of hydrogen-bond acceptors (Lipinski definition) is 3. The maximum absolute atomic E-state index is 9.77. The highest BCUT2D eigenvalue weighted by molar-refractivity contribution is 5.00. The van der Waals surface area contributed by atoms with Gasteiger partial charge in [0.1, 0.15) is 0 Å². The Balaban J connectivity index is 1.88. The van der Waals surface area contributed by atoms with Crippen molar-refractivity contribution in [1.29, 1.82) is 0 Å². The van der Waals surface area contributed by atoms with Crippen molar-refractivity contribution in [2.75, 3.05) is 20.2 Å². The van der Waals surface area contributed by atoms with Crippen molar-refractivity contribution < 1.29 is 5.11 Å². The number of aliphatic hydroxyl groups excluding tert-OH is 1. The summed E-state index contributed by atoms with van der Waals surface area (Å²) in [6.07, 6.45) is 11.6. The van der Waals surface area contributed by atoms with Crippen molar-refractivity contribution in [3.05, 3.63) is 0 Å². The van der Waals surface area contributed by atoms with Gasteiger partial charge in [-0.15, -0.1) is 0 Å². The average Bonchev–Trinajstić information content (AvgIpc) is 2.90. The van der Waals surface area contributed by atoms with Gasteiger partial charge < -0.3 is 15.3 Å². The van der Waals surface area contributed by atoms with Gasteiger partial charge in [-0.2, -0.15) is 0 Å². The van der Waals surface area contributed by atoms with Crippen LogP contribution >= 0.6 is 0 Å². The summed E-state index contributed by atoms with van der Waals surface area (Å²) in [5.41, 5.74) is 0.00357. The van der Waals surface area contributed by atoms with Crippen molar-refractivity contribution >= 4 is 0 Å². The van der Waals surface area contributed by atoms with Crippen LogP contribution in [0.5, 0.6) is 0 Å². The summed E-state index contributed by atoms with van der Waals surface area (Å²) in [6, 6.07) is 1.46. The van der Waals surface area contributed by atoms with Crippen molar-refractivity contribution in [2.45, 2.75) is 82.3 Å². The molecule has 2 fully saturated rings. The zero-order valence-electron chi connectivity index (χ0n) is 12.8. The lowest BCUT2D eigenvalue weighted by atomic mass is 9.92. The molecule has 19 heavy (non-hydrogen) atoms. The first-order valence-corrected chi connectivity index (χ1v) is 8.28. The van der Waals surface area contributed by atoms with Gasteiger partial charge in [0, 0.05) is 17.6 Å². The molecule has 0 aromatic heterocycles. The van der Waals surface area contributed by atoms with Crippen LogP contribution in [0.15, 0.2) is 0 Å². The fourth-order valence-electron chi connectivity index (χ4n) is 3.98. The lowest BCUT2D eigenvalue weighted by Crippen LogP contribution is -2.49. The smallest absolute Gasteiger partial charge is 0.0613 e. The summed E-state index contributed by atoms with van der Waals surface area (Å²) in [5.74, 6) is 0. The Morgan fingerprint density at radius 3 is 2.53 bits per heavy atom. The summed E-state index contributed by atoms with van der Waals surface area (Å²) < 4.78 is 0. The maximum Gasteiger partial charge on any atom is 0.0613 e. The Bertz CT molecular complexity index is 265. The number of nitrogens with one attached hydrogen (secondary N) is 1. The lowest BCUT2D eigenvalue weighted by Gasteiger charge is -2.37. The molecule has 3 heteroatoms. The molecule has 112 valence electrons. The third kappa shape index (κ3) is 3.71. The van der Waals surface area contributed by atoms with E-state index in [1.165, 1.54) is 38.5 Å². The van der Waals surface area contributed by atoms with E-state index in [9.17, 15) is 5.11 Å². The van der Waals surface area contributed by atoms with Crippen molar-refractivity contribution in [2.24, 2.45) is 0 Å². The summed E-state index contributed by atoms with van der Waals surface area (Å²) in [6.45, 7) is 3.51. The SMILES string of the molecule is CCCNC1(CO)CCC(N(C)C2CCCCC2)C1.